The maximum atomic E-state index is 12.6. The summed E-state index contributed by atoms with van der Waals surface area (Å²) in [4.78, 5) is 26.7. The Bertz CT molecular complexity index is 699. The molecule has 1 aromatic carbocycles. The molecular weight excluding hydrogens is 340 g/mol. The van der Waals surface area contributed by atoms with Crippen LogP contribution >= 0.6 is 0 Å². The number of carbonyl (C=O) groups excluding carboxylic acids is 2. The van der Waals surface area contributed by atoms with E-state index in [1.165, 1.54) is 31.3 Å². The molecule has 2 aliphatic rings. The Labute approximate surface area is 161 Å². The van der Waals surface area contributed by atoms with E-state index in [1.54, 1.807) is 12.0 Å². The third-order valence-corrected chi connectivity index (χ3v) is 5.51. The van der Waals surface area contributed by atoms with Gasteiger partial charge in [-0.1, -0.05) is 23.8 Å². The molecule has 0 aromatic heterocycles. The number of hydrogen-bond acceptors (Lipinski definition) is 3. The van der Waals surface area contributed by atoms with Gasteiger partial charge in [0.1, 0.15) is 5.75 Å². The summed E-state index contributed by atoms with van der Waals surface area (Å²) >= 11 is 0. The molecule has 3 rings (SSSR count). The molecule has 1 aliphatic carbocycles. The first kappa shape index (κ1) is 19.5. The molecule has 2 amide bonds. The highest BCUT2D eigenvalue weighted by Crippen LogP contribution is 2.22. The number of methoxy groups -OCH3 is 1. The van der Waals surface area contributed by atoms with Crippen LogP contribution in [0.25, 0.3) is 0 Å². The summed E-state index contributed by atoms with van der Waals surface area (Å²) in [6, 6.07) is 7.73. The predicted molar refractivity (Wildman–Crippen MR) is 105 cm³/mol. The summed E-state index contributed by atoms with van der Waals surface area (Å²) < 4.78 is 5.25. The lowest BCUT2D eigenvalue weighted by atomic mass is 9.95. The van der Waals surface area contributed by atoms with Crippen molar-refractivity contribution in [2.75, 3.05) is 20.2 Å². The Morgan fingerprint density at radius 3 is 2.96 bits per heavy atom. The Kier molecular flexibility index (Phi) is 6.91. The standard InChI is InChI=1S/C22H30N2O3/c1-27-20-9-5-8-18(14-20)15-24-16-19(10-11-21(24)25)22(26)23-13-12-17-6-3-2-4-7-17/h5-6,8-9,14,19H,2-4,7,10-13,15-16H2,1H3,(H,23,26)/t19-/m1/s1. The molecule has 1 fully saturated rings. The van der Waals surface area contributed by atoms with E-state index in [4.69, 9.17) is 4.74 Å². The Morgan fingerprint density at radius 2 is 2.19 bits per heavy atom. The molecule has 5 nitrogen and oxygen atoms in total. The molecule has 0 unspecified atom stereocenters. The second-order valence-corrected chi connectivity index (χ2v) is 7.51. The second kappa shape index (κ2) is 9.58. The molecule has 0 bridgehead atoms. The molecule has 1 aromatic rings. The van der Waals surface area contributed by atoms with Crippen LogP contribution in [0.1, 0.15) is 50.5 Å². The molecule has 146 valence electrons. The molecule has 1 N–H and O–H groups in total. The Hall–Kier alpha value is -2.30. The monoisotopic (exact) mass is 370 g/mol. The van der Waals surface area contributed by atoms with Gasteiger partial charge in [0.05, 0.1) is 13.0 Å². The number of nitrogens with one attached hydrogen (secondary N) is 1. The number of hydrogen-bond donors (Lipinski definition) is 1. The number of amides is 2. The van der Waals surface area contributed by atoms with Gasteiger partial charge in [0.15, 0.2) is 0 Å². The molecule has 1 atom stereocenters. The maximum Gasteiger partial charge on any atom is 0.224 e. The van der Waals surface area contributed by atoms with Crippen molar-refractivity contribution < 1.29 is 14.3 Å². The van der Waals surface area contributed by atoms with E-state index in [0.717, 1.165) is 17.7 Å². The van der Waals surface area contributed by atoms with Crippen molar-refractivity contribution >= 4 is 11.8 Å². The van der Waals surface area contributed by atoms with Crippen molar-refractivity contribution in [3.63, 3.8) is 0 Å². The lowest BCUT2D eigenvalue weighted by Gasteiger charge is -2.32. The number of piperidine rings is 1. The number of carbonyl (C=O) groups is 2. The number of rotatable bonds is 7. The van der Waals surface area contributed by atoms with Gasteiger partial charge in [-0.25, -0.2) is 0 Å². The van der Waals surface area contributed by atoms with Crippen LogP contribution in [0.15, 0.2) is 35.9 Å². The smallest absolute Gasteiger partial charge is 0.224 e. The molecule has 27 heavy (non-hydrogen) atoms. The minimum Gasteiger partial charge on any atom is -0.497 e. The van der Waals surface area contributed by atoms with E-state index >= 15 is 0 Å². The summed E-state index contributed by atoms with van der Waals surface area (Å²) in [5.41, 5.74) is 2.49. The summed E-state index contributed by atoms with van der Waals surface area (Å²) in [5.74, 6) is 0.862. The van der Waals surface area contributed by atoms with E-state index in [2.05, 4.69) is 11.4 Å². The highest BCUT2D eigenvalue weighted by molar-refractivity contribution is 5.83. The van der Waals surface area contributed by atoms with Crippen molar-refractivity contribution in [1.82, 2.24) is 10.2 Å². The first-order valence-corrected chi connectivity index (χ1v) is 10.0. The molecule has 0 radical (unpaired) electrons. The van der Waals surface area contributed by atoms with Gasteiger partial charge < -0.3 is 15.0 Å². The number of allylic oxidation sites excluding steroid dienone is 1. The number of nitrogens with zero attached hydrogens (tertiary/aromatic N) is 1. The van der Waals surface area contributed by atoms with Crippen LogP contribution in [-0.4, -0.2) is 36.9 Å². The van der Waals surface area contributed by atoms with Crippen LogP contribution in [0, 0.1) is 5.92 Å². The van der Waals surface area contributed by atoms with Gasteiger partial charge in [-0.05, 0) is 56.2 Å². The minimum absolute atomic E-state index is 0.0783. The summed E-state index contributed by atoms with van der Waals surface area (Å²) in [6.45, 7) is 1.71. The van der Waals surface area contributed by atoms with Crippen molar-refractivity contribution in [2.24, 2.45) is 5.92 Å². The number of ether oxygens (including phenoxy) is 1. The summed E-state index contributed by atoms with van der Waals surface area (Å²) in [5, 5.41) is 3.08. The largest absolute Gasteiger partial charge is 0.497 e. The molecule has 5 heteroatoms. The minimum atomic E-state index is -0.117. The van der Waals surface area contributed by atoms with E-state index < -0.39 is 0 Å². The van der Waals surface area contributed by atoms with E-state index in [1.807, 2.05) is 24.3 Å². The van der Waals surface area contributed by atoms with Gasteiger partial charge in [-0.3, -0.25) is 9.59 Å². The molecule has 1 heterocycles. The van der Waals surface area contributed by atoms with Gasteiger partial charge in [0.2, 0.25) is 11.8 Å². The fourth-order valence-electron chi connectivity index (χ4n) is 3.90. The van der Waals surface area contributed by atoms with Crippen molar-refractivity contribution in [2.45, 2.75) is 51.5 Å². The van der Waals surface area contributed by atoms with Crippen molar-refractivity contribution in [3.8, 4) is 5.75 Å². The van der Waals surface area contributed by atoms with Crippen LogP contribution in [0.2, 0.25) is 0 Å². The third-order valence-electron chi connectivity index (χ3n) is 5.51. The summed E-state index contributed by atoms with van der Waals surface area (Å²) in [7, 11) is 1.63. The summed E-state index contributed by atoms with van der Waals surface area (Å²) in [6.07, 6.45) is 9.25. The van der Waals surface area contributed by atoms with Crippen LogP contribution < -0.4 is 10.1 Å². The lowest BCUT2D eigenvalue weighted by molar-refractivity contribution is -0.138. The molecule has 0 saturated carbocycles. The predicted octanol–water partition coefficient (Wildman–Crippen LogP) is 3.44. The first-order valence-electron chi connectivity index (χ1n) is 10.0. The van der Waals surface area contributed by atoms with Crippen LogP contribution in [-0.2, 0) is 16.1 Å². The van der Waals surface area contributed by atoms with Crippen LogP contribution in [0.4, 0.5) is 0 Å². The quantitative estimate of drug-likeness (QED) is 0.748. The van der Waals surface area contributed by atoms with E-state index in [0.29, 0.717) is 32.5 Å². The Morgan fingerprint density at radius 1 is 1.30 bits per heavy atom. The topological polar surface area (TPSA) is 58.6 Å². The maximum absolute atomic E-state index is 12.6. The molecular formula is C22H30N2O3. The molecule has 1 aliphatic heterocycles. The van der Waals surface area contributed by atoms with E-state index in [9.17, 15) is 9.59 Å². The number of benzene rings is 1. The Balaban J connectivity index is 1.50. The average molecular weight is 370 g/mol. The fourth-order valence-corrected chi connectivity index (χ4v) is 3.90. The fraction of sp³-hybridized carbons (Fsp3) is 0.545. The SMILES string of the molecule is COc1cccc(CN2C[C@H](C(=O)NCCC3=CCCCC3)CCC2=O)c1. The van der Waals surface area contributed by atoms with Gasteiger partial charge in [-0.2, -0.15) is 0 Å². The average Bonchev–Trinajstić information content (AvgIpc) is 2.70. The zero-order valence-electron chi connectivity index (χ0n) is 16.2. The van der Waals surface area contributed by atoms with Gasteiger partial charge in [0.25, 0.3) is 0 Å². The second-order valence-electron chi connectivity index (χ2n) is 7.51. The van der Waals surface area contributed by atoms with Crippen LogP contribution in [0.3, 0.4) is 0 Å². The third kappa shape index (κ3) is 5.59. The first-order chi connectivity index (χ1) is 13.2. The highest BCUT2D eigenvalue weighted by atomic mass is 16.5. The highest BCUT2D eigenvalue weighted by Gasteiger charge is 2.30. The van der Waals surface area contributed by atoms with Crippen LogP contribution in [0.5, 0.6) is 5.75 Å². The van der Waals surface area contributed by atoms with E-state index in [-0.39, 0.29) is 17.7 Å². The van der Waals surface area contributed by atoms with Gasteiger partial charge >= 0.3 is 0 Å². The van der Waals surface area contributed by atoms with Crippen molar-refractivity contribution in [3.05, 3.63) is 41.5 Å². The van der Waals surface area contributed by atoms with Gasteiger partial charge in [-0.15, -0.1) is 0 Å². The molecule has 0 spiro atoms. The normalized spacial score (nSPS) is 20.2. The lowest BCUT2D eigenvalue weighted by Crippen LogP contribution is -2.45. The zero-order valence-corrected chi connectivity index (χ0v) is 16.2. The van der Waals surface area contributed by atoms with Gasteiger partial charge in [0, 0.05) is 26.1 Å². The van der Waals surface area contributed by atoms with Crippen molar-refractivity contribution in [1.29, 1.82) is 0 Å². The zero-order chi connectivity index (χ0) is 19.1. The molecule has 1 saturated heterocycles. The number of likely N-dealkylation sites (tertiary alicyclic amines) is 1.